The van der Waals surface area contributed by atoms with Gasteiger partial charge in [0.15, 0.2) is 11.5 Å². The van der Waals surface area contributed by atoms with Gasteiger partial charge >= 0.3 is 0 Å². The highest BCUT2D eigenvalue weighted by Crippen LogP contribution is 2.39. The molecule has 2 N–H and O–H groups in total. The number of hydrogen-bond acceptors (Lipinski definition) is 6. The molecule has 28 heavy (non-hydrogen) atoms. The zero-order valence-electron chi connectivity index (χ0n) is 16.9. The second kappa shape index (κ2) is 8.27. The predicted molar refractivity (Wildman–Crippen MR) is 104 cm³/mol. The second-order valence-electron chi connectivity index (χ2n) is 8.11. The van der Waals surface area contributed by atoms with Gasteiger partial charge < -0.3 is 29.3 Å². The van der Waals surface area contributed by atoms with Crippen molar-refractivity contribution in [2.75, 3.05) is 33.9 Å². The summed E-state index contributed by atoms with van der Waals surface area (Å²) < 4.78 is 16.4. The van der Waals surface area contributed by atoms with Gasteiger partial charge in [-0.1, -0.05) is 6.07 Å². The van der Waals surface area contributed by atoms with Crippen LogP contribution < -0.4 is 9.47 Å². The largest absolute Gasteiger partial charge is 0.493 e. The molecule has 2 aliphatic heterocycles. The van der Waals surface area contributed by atoms with Gasteiger partial charge in [0.05, 0.1) is 32.0 Å². The normalized spacial score (nSPS) is 26.9. The minimum Gasteiger partial charge on any atom is -0.493 e. The van der Waals surface area contributed by atoms with E-state index in [1.165, 1.54) is 0 Å². The van der Waals surface area contributed by atoms with Crippen molar-refractivity contribution in [1.29, 1.82) is 0 Å². The van der Waals surface area contributed by atoms with Crippen LogP contribution in [0.3, 0.4) is 0 Å². The number of nitrogens with zero attached hydrogens (tertiary/aromatic N) is 1. The average Bonchev–Trinajstić information content (AvgIpc) is 2.69. The first-order valence-corrected chi connectivity index (χ1v) is 9.82. The van der Waals surface area contributed by atoms with Gasteiger partial charge in [0.2, 0.25) is 5.91 Å². The van der Waals surface area contributed by atoms with Gasteiger partial charge in [-0.05, 0) is 43.9 Å². The van der Waals surface area contributed by atoms with Gasteiger partial charge in [-0.3, -0.25) is 4.79 Å². The number of benzene rings is 1. The Balaban J connectivity index is 1.52. The first-order valence-electron chi connectivity index (χ1n) is 9.82. The zero-order valence-corrected chi connectivity index (χ0v) is 16.9. The van der Waals surface area contributed by atoms with Crippen LogP contribution >= 0.6 is 0 Å². The molecule has 2 saturated heterocycles. The Bertz CT molecular complexity index is 696. The third kappa shape index (κ3) is 4.42. The van der Waals surface area contributed by atoms with Crippen molar-refractivity contribution >= 4 is 5.91 Å². The van der Waals surface area contributed by atoms with E-state index in [9.17, 15) is 15.0 Å². The first-order chi connectivity index (χ1) is 13.3. The number of ether oxygens (including phenoxy) is 3. The average molecular weight is 393 g/mol. The number of rotatable bonds is 5. The summed E-state index contributed by atoms with van der Waals surface area (Å²) >= 11 is 0. The molecule has 0 bridgehead atoms. The second-order valence-corrected chi connectivity index (χ2v) is 8.11. The van der Waals surface area contributed by atoms with Crippen molar-refractivity contribution < 1.29 is 29.2 Å². The summed E-state index contributed by atoms with van der Waals surface area (Å²) in [7, 11) is 3.19. The Hall–Kier alpha value is -1.83. The minimum absolute atomic E-state index is 0.118. The van der Waals surface area contributed by atoms with Crippen LogP contribution in [-0.2, 0) is 16.0 Å². The van der Waals surface area contributed by atoms with E-state index in [4.69, 9.17) is 14.2 Å². The van der Waals surface area contributed by atoms with Crippen molar-refractivity contribution in [3.05, 3.63) is 23.8 Å². The molecule has 0 radical (unpaired) electrons. The molecule has 7 heteroatoms. The van der Waals surface area contributed by atoms with Crippen LogP contribution in [-0.4, -0.2) is 72.2 Å². The summed E-state index contributed by atoms with van der Waals surface area (Å²) in [6.07, 6.45) is 1.96. The molecular weight excluding hydrogens is 362 g/mol. The maximum atomic E-state index is 12.6. The molecule has 1 amide bonds. The Morgan fingerprint density at radius 2 is 1.93 bits per heavy atom. The SMILES string of the molecule is COc1ccc(CCC(=O)N2CCC3(CC2)C[C@](C)(O)[C@@H](O)CO3)cc1OC. The minimum atomic E-state index is -1.14. The number of carbonyl (C=O) groups is 1. The fourth-order valence-electron chi connectivity index (χ4n) is 4.19. The third-order valence-corrected chi connectivity index (χ3v) is 6.05. The quantitative estimate of drug-likeness (QED) is 0.789. The fourth-order valence-corrected chi connectivity index (χ4v) is 4.19. The summed E-state index contributed by atoms with van der Waals surface area (Å²) in [4.78, 5) is 14.5. The van der Waals surface area contributed by atoms with Crippen LogP contribution in [0.1, 0.15) is 38.2 Å². The summed E-state index contributed by atoms with van der Waals surface area (Å²) in [5.41, 5.74) is -0.555. The molecule has 0 saturated carbocycles. The molecule has 0 aliphatic carbocycles. The van der Waals surface area contributed by atoms with Gasteiger partial charge in [0, 0.05) is 25.9 Å². The standard InChI is InChI=1S/C21H31NO6/c1-20(25)14-21(28-13-18(20)23)8-10-22(11-9-21)19(24)7-5-15-4-6-16(26-2)17(12-15)27-3/h4,6,12,18,23,25H,5,7-11,13-14H2,1-3H3/t18-,20-/m0/s1. The number of methoxy groups -OCH3 is 2. The Kier molecular flexibility index (Phi) is 6.17. The molecule has 1 aromatic rings. The molecule has 2 atom stereocenters. The number of hydrogen-bond donors (Lipinski definition) is 2. The van der Waals surface area contributed by atoms with Crippen LogP contribution in [0.4, 0.5) is 0 Å². The van der Waals surface area contributed by atoms with E-state index in [2.05, 4.69) is 0 Å². The maximum Gasteiger partial charge on any atom is 0.222 e. The predicted octanol–water partition coefficient (Wildman–Crippen LogP) is 1.53. The van der Waals surface area contributed by atoms with Crippen LogP contribution in [0.25, 0.3) is 0 Å². The van der Waals surface area contributed by atoms with E-state index < -0.39 is 17.3 Å². The van der Waals surface area contributed by atoms with Crippen molar-refractivity contribution in [3.63, 3.8) is 0 Å². The number of piperidine rings is 1. The van der Waals surface area contributed by atoms with E-state index in [-0.39, 0.29) is 12.5 Å². The third-order valence-electron chi connectivity index (χ3n) is 6.05. The van der Waals surface area contributed by atoms with E-state index in [1.54, 1.807) is 21.1 Å². The lowest BCUT2D eigenvalue weighted by Crippen LogP contribution is -2.59. The topological polar surface area (TPSA) is 88.5 Å². The van der Waals surface area contributed by atoms with Crippen molar-refractivity contribution in [1.82, 2.24) is 4.90 Å². The lowest BCUT2D eigenvalue weighted by Gasteiger charge is -2.49. The van der Waals surface area contributed by atoms with Crippen molar-refractivity contribution in [3.8, 4) is 11.5 Å². The van der Waals surface area contributed by atoms with Crippen molar-refractivity contribution in [2.45, 2.75) is 56.3 Å². The molecule has 2 aliphatic rings. The summed E-state index contributed by atoms with van der Waals surface area (Å²) in [6, 6.07) is 5.70. The molecule has 7 nitrogen and oxygen atoms in total. The van der Waals surface area contributed by atoms with E-state index in [0.29, 0.717) is 56.7 Å². The monoisotopic (exact) mass is 393 g/mol. The van der Waals surface area contributed by atoms with Crippen LogP contribution in [0.15, 0.2) is 18.2 Å². The Morgan fingerprint density at radius 1 is 1.25 bits per heavy atom. The van der Waals surface area contributed by atoms with Gasteiger partial charge in [-0.2, -0.15) is 0 Å². The lowest BCUT2D eigenvalue weighted by molar-refractivity contribution is -0.222. The van der Waals surface area contributed by atoms with Crippen LogP contribution in [0, 0.1) is 0 Å². The lowest BCUT2D eigenvalue weighted by atomic mass is 9.76. The van der Waals surface area contributed by atoms with Gasteiger partial charge in [0.1, 0.15) is 6.10 Å². The molecule has 1 spiro atoms. The molecule has 2 fully saturated rings. The summed E-state index contributed by atoms with van der Waals surface area (Å²) in [6.45, 7) is 3.01. The number of aliphatic hydroxyl groups is 2. The number of aryl methyl sites for hydroxylation is 1. The van der Waals surface area contributed by atoms with Crippen LogP contribution in [0.5, 0.6) is 11.5 Å². The molecular formula is C21H31NO6. The maximum absolute atomic E-state index is 12.6. The first kappa shape index (κ1) is 20.9. The number of aliphatic hydroxyl groups excluding tert-OH is 1. The molecule has 156 valence electrons. The fraction of sp³-hybridized carbons (Fsp3) is 0.667. The summed E-state index contributed by atoms with van der Waals surface area (Å²) in [5.74, 6) is 1.45. The number of carbonyl (C=O) groups excluding carboxylic acids is 1. The van der Waals surface area contributed by atoms with Gasteiger partial charge in [0.25, 0.3) is 0 Å². The van der Waals surface area contributed by atoms with Crippen LogP contribution in [0.2, 0.25) is 0 Å². The Morgan fingerprint density at radius 3 is 2.54 bits per heavy atom. The van der Waals surface area contributed by atoms with E-state index in [1.807, 2.05) is 23.1 Å². The van der Waals surface area contributed by atoms with Gasteiger partial charge in [-0.25, -0.2) is 0 Å². The van der Waals surface area contributed by atoms with Crippen molar-refractivity contribution in [2.24, 2.45) is 0 Å². The summed E-state index contributed by atoms with van der Waals surface area (Å²) in [5, 5.41) is 20.3. The highest BCUT2D eigenvalue weighted by atomic mass is 16.5. The Labute approximate surface area is 166 Å². The molecule has 0 unspecified atom stereocenters. The molecule has 0 aromatic heterocycles. The molecule has 2 heterocycles. The number of amides is 1. The smallest absolute Gasteiger partial charge is 0.222 e. The zero-order chi connectivity index (χ0) is 20.4. The highest BCUT2D eigenvalue weighted by molar-refractivity contribution is 5.76. The van der Waals surface area contributed by atoms with E-state index >= 15 is 0 Å². The van der Waals surface area contributed by atoms with E-state index in [0.717, 1.165) is 5.56 Å². The number of likely N-dealkylation sites (tertiary alicyclic amines) is 1. The van der Waals surface area contributed by atoms with Gasteiger partial charge in [-0.15, -0.1) is 0 Å². The highest BCUT2D eigenvalue weighted by Gasteiger charge is 2.48. The molecule has 3 rings (SSSR count). The molecule has 1 aromatic carbocycles.